The first kappa shape index (κ1) is 16.4. The first-order valence-corrected chi connectivity index (χ1v) is 7.33. The topological polar surface area (TPSA) is 50.4 Å². The number of anilines is 1. The lowest BCUT2D eigenvalue weighted by Gasteiger charge is -2.13. The van der Waals surface area contributed by atoms with Gasteiger partial charge in [-0.05, 0) is 43.3 Å². The highest BCUT2D eigenvalue weighted by atomic mass is 16.5. The van der Waals surface area contributed by atoms with Gasteiger partial charge in [-0.1, -0.05) is 29.5 Å². The van der Waals surface area contributed by atoms with Crippen molar-refractivity contribution in [3.8, 4) is 17.6 Å². The zero-order valence-corrected chi connectivity index (χ0v) is 13.5. The van der Waals surface area contributed by atoms with E-state index in [9.17, 15) is 4.79 Å². The van der Waals surface area contributed by atoms with Crippen molar-refractivity contribution in [1.29, 1.82) is 0 Å². The molecule has 2 rings (SSSR count). The van der Waals surface area contributed by atoms with Gasteiger partial charge in [0.2, 0.25) is 0 Å². The fourth-order valence-electron chi connectivity index (χ4n) is 1.96. The Morgan fingerprint density at radius 2 is 1.74 bits per heavy atom. The molecule has 2 aromatic rings. The fraction of sp³-hybridized carbons (Fsp3) is 0.211. The highest BCUT2D eigenvalue weighted by Crippen LogP contribution is 2.15. The van der Waals surface area contributed by atoms with E-state index in [2.05, 4.69) is 22.5 Å². The second kappa shape index (κ2) is 7.90. The maximum absolute atomic E-state index is 12.0. The monoisotopic (exact) mass is 308 g/mol. The molecule has 0 radical (unpaired) electrons. The minimum Gasteiger partial charge on any atom is -0.497 e. The van der Waals surface area contributed by atoms with Crippen LogP contribution in [0, 0.1) is 18.8 Å². The number of methoxy groups -OCH3 is 1. The van der Waals surface area contributed by atoms with E-state index in [0.717, 1.165) is 17.0 Å². The smallest absolute Gasteiger partial charge is 0.254 e. The summed E-state index contributed by atoms with van der Waals surface area (Å²) in [6, 6.07) is 14.6. The fourth-order valence-corrected chi connectivity index (χ4v) is 1.96. The van der Waals surface area contributed by atoms with Crippen molar-refractivity contribution >= 4 is 11.6 Å². The summed E-state index contributed by atoms with van der Waals surface area (Å²) in [7, 11) is 3.21. The van der Waals surface area contributed by atoms with Gasteiger partial charge < -0.3 is 15.4 Å². The first-order chi connectivity index (χ1) is 11.1. The average molecular weight is 308 g/mol. The Kier molecular flexibility index (Phi) is 5.65. The Morgan fingerprint density at radius 3 is 2.30 bits per heavy atom. The lowest BCUT2D eigenvalue weighted by molar-refractivity contribution is -0.120. The van der Waals surface area contributed by atoms with Crippen molar-refractivity contribution in [3.05, 3.63) is 59.7 Å². The number of rotatable bonds is 4. The van der Waals surface area contributed by atoms with Crippen LogP contribution in [-0.2, 0) is 4.79 Å². The Hall–Kier alpha value is -2.93. The van der Waals surface area contributed by atoms with E-state index in [-0.39, 0.29) is 5.91 Å². The Morgan fingerprint density at radius 1 is 1.09 bits per heavy atom. The normalized spacial score (nSPS) is 10.9. The van der Waals surface area contributed by atoms with Gasteiger partial charge in [0, 0.05) is 18.3 Å². The molecule has 0 fully saturated rings. The number of hydrogen-bond acceptors (Lipinski definition) is 3. The van der Waals surface area contributed by atoms with Crippen molar-refractivity contribution in [3.63, 3.8) is 0 Å². The van der Waals surface area contributed by atoms with Crippen molar-refractivity contribution in [2.24, 2.45) is 0 Å². The molecular weight excluding hydrogens is 288 g/mol. The SMILES string of the molecule is CNC(=O)C(C#Cc1ccc(C)cc1)Nc1ccc(OC)cc1. The van der Waals surface area contributed by atoms with E-state index in [4.69, 9.17) is 4.74 Å². The third-order valence-electron chi connectivity index (χ3n) is 3.32. The van der Waals surface area contributed by atoms with E-state index in [1.807, 2.05) is 55.5 Å². The molecule has 0 heterocycles. The predicted molar refractivity (Wildman–Crippen MR) is 92.5 cm³/mol. The quantitative estimate of drug-likeness (QED) is 0.854. The summed E-state index contributed by atoms with van der Waals surface area (Å²) in [5, 5.41) is 5.75. The summed E-state index contributed by atoms with van der Waals surface area (Å²) >= 11 is 0. The van der Waals surface area contributed by atoms with Gasteiger partial charge in [-0.15, -0.1) is 0 Å². The molecule has 0 spiro atoms. The van der Waals surface area contributed by atoms with E-state index in [0.29, 0.717) is 0 Å². The molecule has 2 N–H and O–H groups in total. The summed E-state index contributed by atoms with van der Waals surface area (Å²) < 4.78 is 5.12. The third-order valence-corrected chi connectivity index (χ3v) is 3.32. The number of hydrogen-bond donors (Lipinski definition) is 2. The Bertz CT molecular complexity index is 710. The van der Waals surface area contributed by atoms with E-state index in [1.54, 1.807) is 14.2 Å². The number of carbonyl (C=O) groups is 1. The number of nitrogens with one attached hydrogen (secondary N) is 2. The highest BCUT2D eigenvalue weighted by molar-refractivity contribution is 5.87. The molecule has 1 amide bonds. The lowest BCUT2D eigenvalue weighted by Crippen LogP contribution is -2.36. The molecule has 1 atom stereocenters. The summed E-state index contributed by atoms with van der Waals surface area (Å²) in [5.74, 6) is 6.59. The summed E-state index contributed by atoms with van der Waals surface area (Å²) in [4.78, 5) is 12.0. The third kappa shape index (κ3) is 4.79. The molecule has 0 saturated heterocycles. The maximum Gasteiger partial charge on any atom is 0.254 e. The van der Waals surface area contributed by atoms with Crippen LogP contribution in [0.4, 0.5) is 5.69 Å². The summed E-state index contributed by atoms with van der Waals surface area (Å²) in [6.07, 6.45) is 0. The van der Waals surface area contributed by atoms with Crippen LogP contribution in [0.1, 0.15) is 11.1 Å². The van der Waals surface area contributed by atoms with Gasteiger partial charge in [-0.25, -0.2) is 0 Å². The molecule has 0 aliphatic rings. The Labute approximate surface area is 136 Å². The van der Waals surface area contributed by atoms with E-state index < -0.39 is 6.04 Å². The molecule has 23 heavy (non-hydrogen) atoms. The number of aryl methyl sites for hydroxylation is 1. The van der Waals surface area contributed by atoms with Crippen LogP contribution in [0.15, 0.2) is 48.5 Å². The van der Waals surface area contributed by atoms with Gasteiger partial charge in [0.15, 0.2) is 6.04 Å². The number of benzene rings is 2. The number of ether oxygens (including phenoxy) is 1. The minimum atomic E-state index is -0.630. The zero-order chi connectivity index (χ0) is 16.7. The van der Waals surface area contributed by atoms with Gasteiger partial charge in [-0.2, -0.15) is 0 Å². The van der Waals surface area contributed by atoms with Crippen molar-refractivity contribution < 1.29 is 9.53 Å². The minimum absolute atomic E-state index is 0.180. The van der Waals surface area contributed by atoms with Gasteiger partial charge >= 0.3 is 0 Å². The molecule has 0 aliphatic heterocycles. The Balaban J connectivity index is 2.16. The van der Waals surface area contributed by atoms with Crippen LogP contribution in [0.2, 0.25) is 0 Å². The van der Waals surface area contributed by atoms with Crippen LogP contribution in [0.3, 0.4) is 0 Å². The maximum atomic E-state index is 12.0. The molecule has 0 aromatic heterocycles. The predicted octanol–water partition coefficient (Wildman–Crippen LogP) is 2.58. The van der Waals surface area contributed by atoms with Gasteiger partial charge in [0.05, 0.1) is 7.11 Å². The molecule has 0 bridgehead atoms. The first-order valence-electron chi connectivity index (χ1n) is 7.33. The van der Waals surface area contributed by atoms with Crippen LogP contribution >= 0.6 is 0 Å². The average Bonchev–Trinajstić information content (AvgIpc) is 2.59. The second-order valence-electron chi connectivity index (χ2n) is 5.06. The largest absolute Gasteiger partial charge is 0.497 e. The van der Waals surface area contributed by atoms with Crippen LogP contribution in [0.25, 0.3) is 0 Å². The van der Waals surface area contributed by atoms with Gasteiger partial charge in [0.25, 0.3) is 5.91 Å². The second-order valence-corrected chi connectivity index (χ2v) is 5.06. The molecule has 2 aromatic carbocycles. The molecule has 118 valence electrons. The van der Waals surface area contributed by atoms with Gasteiger partial charge in [0.1, 0.15) is 5.75 Å². The molecule has 0 aliphatic carbocycles. The molecule has 0 saturated carbocycles. The molecule has 4 nitrogen and oxygen atoms in total. The van der Waals surface area contributed by atoms with Crippen molar-refractivity contribution in [1.82, 2.24) is 5.32 Å². The van der Waals surface area contributed by atoms with E-state index >= 15 is 0 Å². The molecular formula is C19H20N2O2. The van der Waals surface area contributed by atoms with Crippen LogP contribution in [-0.4, -0.2) is 26.1 Å². The van der Waals surface area contributed by atoms with Gasteiger partial charge in [-0.3, -0.25) is 4.79 Å². The lowest BCUT2D eigenvalue weighted by atomic mass is 10.1. The zero-order valence-electron chi connectivity index (χ0n) is 13.5. The summed E-state index contributed by atoms with van der Waals surface area (Å²) in [5.41, 5.74) is 2.85. The summed E-state index contributed by atoms with van der Waals surface area (Å²) in [6.45, 7) is 2.02. The van der Waals surface area contributed by atoms with Crippen molar-refractivity contribution in [2.75, 3.05) is 19.5 Å². The molecule has 1 unspecified atom stereocenters. The van der Waals surface area contributed by atoms with E-state index in [1.165, 1.54) is 5.56 Å². The number of likely N-dealkylation sites (N-methyl/N-ethyl adjacent to an activating group) is 1. The number of amides is 1. The standard InChI is InChI=1S/C19H20N2O2/c1-14-4-6-15(7-5-14)8-13-18(19(22)20-2)21-16-9-11-17(23-3)12-10-16/h4-7,9-12,18,21H,1-3H3,(H,20,22). The van der Waals surface area contributed by atoms with Crippen molar-refractivity contribution in [2.45, 2.75) is 13.0 Å². The number of carbonyl (C=O) groups excluding carboxylic acids is 1. The molecule has 4 heteroatoms. The van der Waals surface area contributed by atoms with Crippen LogP contribution in [0.5, 0.6) is 5.75 Å². The highest BCUT2D eigenvalue weighted by Gasteiger charge is 2.13. The van der Waals surface area contributed by atoms with Crippen LogP contribution < -0.4 is 15.4 Å².